The van der Waals surface area contributed by atoms with Crippen LogP contribution < -0.4 is 5.43 Å². The molecule has 4 aromatic rings. The van der Waals surface area contributed by atoms with Crippen LogP contribution in [0.3, 0.4) is 0 Å². The minimum atomic E-state index is -0.237. The highest BCUT2D eigenvalue weighted by Crippen LogP contribution is 2.24. The molecule has 0 spiro atoms. The van der Waals surface area contributed by atoms with Crippen molar-refractivity contribution in [1.29, 1.82) is 0 Å². The minimum Gasteiger partial charge on any atom is -0.508 e. The van der Waals surface area contributed by atoms with Crippen molar-refractivity contribution in [3.63, 3.8) is 0 Å². The van der Waals surface area contributed by atoms with Gasteiger partial charge in [-0.1, -0.05) is 30.3 Å². The van der Waals surface area contributed by atoms with Crippen molar-refractivity contribution in [3.8, 4) is 5.75 Å². The van der Waals surface area contributed by atoms with Crippen LogP contribution in [-0.4, -0.2) is 26.8 Å². The van der Waals surface area contributed by atoms with E-state index in [1.54, 1.807) is 36.0 Å². The van der Waals surface area contributed by atoms with Crippen molar-refractivity contribution in [2.75, 3.05) is 0 Å². The first kappa shape index (κ1) is 19.7. The van der Waals surface area contributed by atoms with Crippen LogP contribution in [0.1, 0.15) is 11.4 Å². The van der Waals surface area contributed by atoms with Gasteiger partial charge in [-0.15, -0.1) is 11.8 Å². The number of para-hydroxylation sites is 2. The molecule has 6 nitrogen and oxygen atoms in total. The lowest BCUT2D eigenvalue weighted by Crippen LogP contribution is -2.24. The number of amides is 1. The van der Waals surface area contributed by atoms with Crippen molar-refractivity contribution in [2.45, 2.75) is 17.2 Å². The van der Waals surface area contributed by atoms with Crippen LogP contribution >= 0.6 is 11.8 Å². The summed E-state index contributed by atoms with van der Waals surface area (Å²) in [6.07, 6.45) is 1.54. The fraction of sp³-hybridized carbons (Fsp3) is 0.0870. The number of carbonyl (C=O) groups excluding carboxylic acids is 1. The normalized spacial score (nSPS) is 11.2. The molecule has 1 heterocycles. The molecule has 7 heteroatoms. The Bertz CT molecular complexity index is 1170. The average molecular weight is 417 g/mol. The van der Waals surface area contributed by atoms with Gasteiger partial charge in [0.15, 0.2) is 0 Å². The summed E-state index contributed by atoms with van der Waals surface area (Å²) in [5.74, 6) is 1.44. The molecule has 0 saturated carbocycles. The Balaban J connectivity index is 1.47. The van der Waals surface area contributed by atoms with Gasteiger partial charge < -0.3 is 9.67 Å². The van der Waals surface area contributed by atoms with Crippen LogP contribution in [0.4, 0.5) is 0 Å². The van der Waals surface area contributed by atoms with Crippen molar-refractivity contribution < 1.29 is 9.90 Å². The molecule has 0 bridgehead atoms. The van der Waals surface area contributed by atoms with E-state index in [0.29, 0.717) is 5.75 Å². The Kier molecular flexibility index (Phi) is 6.10. The zero-order valence-corrected chi connectivity index (χ0v) is 16.9. The van der Waals surface area contributed by atoms with E-state index < -0.39 is 0 Å². The van der Waals surface area contributed by atoms with Crippen molar-refractivity contribution >= 4 is 34.9 Å². The quantitative estimate of drug-likeness (QED) is 0.269. The fourth-order valence-corrected chi connectivity index (χ4v) is 3.86. The highest BCUT2D eigenvalue weighted by atomic mass is 32.2. The van der Waals surface area contributed by atoms with Gasteiger partial charge in [0, 0.05) is 4.90 Å². The number of thioether (sulfide) groups is 1. The minimum absolute atomic E-state index is 0.123. The molecule has 0 unspecified atom stereocenters. The van der Waals surface area contributed by atoms with Crippen LogP contribution in [0.5, 0.6) is 5.75 Å². The van der Waals surface area contributed by atoms with Crippen LogP contribution in [0, 0.1) is 0 Å². The summed E-state index contributed by atoms with van der Waals surface area (Å²) < 4.78 is 1.93. The van der Waals surface area contributed by atoms with Gasteiger partial charge in [-0.25, -0.2) is 10.4 Å². The third kappa shape index (κ3) is 4.87. The molecular formula is C23H20N4O2S. The fourth-order valence-electron chi connectivity index (χ4n) is 2.99. The molecule has 0 radical (unpaired) electrons. The number of hydrogen-bond acceptors (Lipinski definition) is 5. The first-order chi connectivity index (χ1) is 14.7. The van der Waals surface area contributed by atoms with Gasteiger partial charge in [-0.2, -0.15) is 5.10 Å². The topological polar surface area (TPSA) is 79.5 Å². The van der Waals surface area contributed by atoms with E-state index in [4.69, 9.17) is 4.98 Å². The maximum Gasteiger partial charge on any atom is 0.260 e. The second-order valence-corrected chi connectivity index (χ2v) is 7.64. The Hall–Kier alpha value is -3.58. The van der Waals surface area contributed by atoms with Gasteiger partial charge in [0.25, 0.3) is 5.91 Å². The second kappa shape index (κ2) is 9.28. The molecule has 2 N–H and O–H groups in total. The standard InChI is InChI=1S/C23H20N4O2S/c28-18-12-10-17(11-13-18)14-24-26-23(29)15-27-21-9-5-4-8-20(21)25-22(27)16-30-19-6-2-1-3-7-19/h1-14,28H,15-16H2,(H,26,29). The summed E-state index contributed by atoms with van der Waals surface area (Å²) >= 11 is 1.68. The van der Waals surface area contributed by atoms with Gasteiger partial charge in [0.1, 0.15) is 18.1 Å². The number of hydrazone groups is 1. The molecule has 0 atom stereocenters. The third-order valence-corrected chi connectivity index (χ3v) is 5.45. The third-order valence-electron chi connectivity index (χ3n) is 4.44. The van der Waals surface area contributed by atoms with Gasteiger partial charge in [-0.05, 0) is 54.1 Å². The predicted molar refractivity (Wildman–Crippen MR) is 120 cm³/mol. The number of phenolic OH excluding ortho intramolecular Hbond substituents is 1. The van der Waals surface area contributed by atoms with Crippen LogP contribution in [-0.2, 0) is 17.1 Å². The summed E-state index contributed by atoms with van der Waals surface area (Å²) in [7, 11) is 0. The SMILES string of the molecule is O=C(Cn1c(CSc2ccccc2)nc2ccccc21)NN=Cc1ccc(O)cc1. The molecule has 1 aromatic heterocycles. The number of nitrogens with zero attached hydrogens (tertiary/aromatic N) is 3. The maximum absolute atomic E-state index is 12.5. The number of nitrogens with one attached hydrogen (secondary N) is 1. The van der Waals surface area contributed by atoms with Gasteiger partial charge in [0.05, 0.1) is 23.0 Å². The monoisotopic (exact) mass is 416 g/mol. The lowest BCUT2D eigenvalue weighted by molar-refractivity contribution is -0.121. The maximum atomic E-state index is 12.5. The number of fused-ring (bicyclic) bond motifs is 1. The number of aromatic nitrogens is 2. The van der Waals surface area contributed by atoms with E-state index in [1.807, 2.05) is 47.0 Å². The van der Waals surface area contributed by atoms with E-state index in [0.717, 1.165) is 27.3 Å². The Labute approximate surface area is 178 Å². The summed E-state index contributed by atoms with van der Waals surface area (Å²) in [5.41, 5.74) is 5.12. The molecular weight excluding hydrogens is 396 g/mol. The predicted octanol–water partition coefficient (Wildman–Crippen LogP) is 4.18. The van der Waals surface area contributed by atoms with Crippen molar-refractivity contribution in [1.82, 2.24) is 15.0 Å². The van der Waals surface area contributed by atoms with Crippen molar-refractivity contribution in [3.05, 3.63) is 90.3 Å². The highest BCUT2D eigenvalue weighted by molar-refractivity contribution is 7.98. The van der Waals surface area contributed by atoms with Gasteiger partial charge >= 0.3 is 0 Å². The number of carbonyl (C=O) groups is 1. The Morgan fingerprint density at radius 1 is 1.03 bits per heavy atom. The van der Waals surface area contributed by atoms with Crippen molar-refractivity contribution in [2.24, 2.45) is 5.10 Å². The molecule has 0 aliphatic heterocycles. The molecule has 0 fully saturated rings. The highest BCUT2D eigenvalue weighted by Gasteiger charge is 2.13. The molecule has 0 saturated heterocycles. The van der Waals surface area contributed by atoms with Crippen LogP contribution in [0.25, 0.3) is 11.0 Å². The van der Waals surface area contributed by atoms with E-state index in [-0.39, 0.29) is 18.2 Å². The largest absolute Gasteiger partial charge is 0.508 e. The smallest absolute Gasteiger partial charge is 0.260 e. The number of rotatable bonds is 7. The first-order valence-corrected chi connectivity index (χ1v) is 10.4. The Morgan fingerprint density at radius 3 is 2.57 bits per heavy atom. The van der Waals surface area contributed by atoms with E-state index in [2.05, 4.69) is 22.7 Å². The molecule has 0 aliphatic carbocycles. The Morgan fingerprint density at radius 2 is 1.77 bits per heavy atom. The molecule has 4 rings (SSSR count). The number of hydrogen-bond donors (Lipinski definition) is 2. The number of phenols is 1. The summed E-state index contributed by atoms with van der Waals surface area (Å²) in [4.78, 5) is 18.4. The summed E-state index contributed by atoms with van der Waals surface area (Å²) in [6, 6.07) is 24.5. The number of imidazole rings is 1. The molecule has 0 aliphatic rings. The van der Waals surface area contributed by atoms with E-state index in [9.17, 15) is 9.90 Å². The van der Waals surface area contributed by atoms with E-state index in [1.165, 1.54) is 6.21 Å². The number of benzene rings is 3. The second-order valence-electron chi connectivity index (χ2n) is 6.59. The number of aromatic hydroxyl groups is 1. The van der Waals surface area contributed by atoms with Gasteiger partial charge in [-0.3, -0.25) is 4.79 Å². The lowest BCUT2D eigenvalue weighted by atomic mass is 10.2. The molecule has 150 valence electrons. The van der Waals surface area contributed by atoms with Crippen LogP contribution in [0.2, 0.25) is 0 Å². The summed E-state index contributed by atoms with van der Waals surface area (Å²) in [5, 5.41) is 13.3. The first-order valence-electron chi connectivity index (χ1n) is 9.42. The van der Waals surface area contributed by atoms with E-state index >= 15 is 0 Å². The lowest BCUT2D eigenvalue weighted by Gasteiger charge is -2.08. The van der Waals surface area contributed by atoms with Crippen LogP contribution in [0.15, 0.2) is 88.9 Å². The zero-order chi connectivity index (χ0) is 20.8. The molecule has 1 amide bonds. The molecule has 3 aromatic carbocycles. The zero-order valence-electron chi connectivity index (χ0n) is 16.1. The summed E-state index contributed by atoms with van der Waals surface area (Å²) in [6.45, 7) is 0.123. The van der Waals surface area contributed by atoms with Gasteiger partial charge in [0.2, 0.25) is 0 Å². The average Bonchev–Trinajstić information content (AvgIpc) is 3.12. The molecule has 30 heavy (non-hydrogen) atoms.